The molecule has 0 aliphatic carbocycles. The van der Waals surface area contributed by atoms with Gasteiger partial charge in [-0.3, -0.25) is 4.99 Å². The lowest BCUT2D eigenvalue weighted by Crippen LogP contribution is -2.45. The quantitative estimate of drug-likeness (QED) is 0.317. The molecule has 2 fully saturated rings. The van der Waals surface area contributed by atoms with E-state index in [9.17, 15) is 4.39 Å². The average molecular weight is 543 g/mol. The van der Waals surface area contributed by atoms with Crippen LogP contribution in [0.1, 0.15) is 31.4 Å². The van der Waals surface area contributed by atoms with Gasteiger partial charge in [0.15, 0.2) is 17.6 Å². The summed E-state index contributed by atoms with van der Waals surface area (Å²) in [6.45, 7) is 3.63. The number of nitrogens with zero attached hydrogens (tertiary/aromatic N) is 3. The van der Waals surface area contributed by atoms with Gasteiger partial charge in [-0.05, 0) is 49.9 Å². The molecule has 31 heavy (non-hydrogen) atoms. The minimum Gasteiger partial charge on any atom is -0.469 e. The Morgan fingerprint density at radius 2 is 2.19 bits per heavy atom. The molecule has 0 amide bonds. The molecule has 4 heterocycles. The molecule has 2 aliphatic heterocycles. The lowest BCUT2D eigenvalue weighted by molar-refractivity contribution is 0.0224. The monoisotopic (exact) mass is 543 g/mol. The Morgan fingerprint density at radius 3 is 2.97 bits per heavy atom. The van der Waals surface area contributed by atoms with Crippen molar-refractivity contribution in [1.29, 1.82) is 0 Å². The molecule has 2 aromatic rings. The van der Waals surface area contributed by atoms with Crippen LogP contribution in [0.5, 0.6) is 0 Å². The number of anilines is 1. The SMILES string of the molecule is Fc1cccnc1N1CCC(NC(=NCC2CCCCO2)NCCc2ccco2)C1.I. The van der Waals surface area contributed by atoms with Gasteiger partial charge in [-0.15, -0.1) is 24.0 Å². The summed E-state index contributed by atoms with van der Waals surface area (Å²) in [7, 11) is 0. The summed E-state index contributed by atoms with van der Waals surface area (Å²) in [6.07, 6.45) is 8.57. The van der Waals surface area contributed by atoms with Gasteiger partial charge in [0.25, 0.3) is 0 Å². The number of hydrogen-bond acceptors (Lipinski definition) is 5. The molecule has 2 aliphatic rings. The van der Waals surface area contributed by atoms with Crippen molar-refractivity contribution in [1.82, 2.24) is 15.6 Å². The minimum atomic E-state index is -0.280. The van der Waals surface area contributed by atoms with E-state index in [0.29, 0.717) is 18.9 Å². The summed E-state index contributed by atoms with van der Waals surface area (Å²) >= 11 is 0. The zero-order valence-electron chi connectivity index (χ0n) is 17.6. The first kappa shape index (κ1) is 23.8. The zero-order valence-corrected chi connectivity index (χ0v) is 20.0. The van der Waals surface area contributed by atoms with Gasteiger partial charge in [-0.1, -0.05) is 0 Å². The van der Waals surface area contributed by atoms with E-state index in [0.717, 1.165) is 57.1 Å². The number of ether oxygens (including phenoxy) is 1. The summed E-state index contributed by atoms with van der Waals surface area (Å²) in [5, 5.41) is 6.92. The molecule has 2 N–H and O–H groups in total. The average Bonchev–Trinajstić information content (AvgIpc) is 3.45. The molecule has 0 bridgehead atoms. The van der Waals surface area contributed by atoms with Crippen molar-refractivity contribution in [2.45, 2.75) is 44.2 Å². The summed E-state index contributed by atoms with van der Waals surface area (Å²) in [4.78, 5) is 11.0. The highest BCUT2D eigenvalue weighted by Crippen LogP contribution is 2.20. The predicted molar refractivity (Wildman–Crippen MR) is 130 cm³/mol. The van der Waals surface area contributed by atoms with Crippen LogP contribution in [0.4, 0.5) is 10.2 Å². The third kappa shape index (κ3) is 7.06. The Balaban J connectivity index is 0.00000272. The number of guanidine groups is 1. The van der Waals surface area contributed by atoms with Gasteiger partial charge in [0.05, 0.1) is 18.9 Å². The Hall–Kier alpha value is -1.88. The maximum Gasteiger partial charge on any atom is 0.191 e. The zero-order chi connectivity index (χ0) is 20.6. The Morgan fingerprint density at radius 1 is 1.26 bits per heavy atom. The largest absolute Gasteiger partial charge is 0.469 e. The summed E-state index contributed by atoms with van der Waals surface area (Å²) in [5.41, 5.74) is 0. The van der Waals surface area contributed by atoms with Crippen LogP contribution in [-0.4, -0.2) is 55.9 Å². The molecule has 7 nitrogen and oxygen atoms in total. The van der Waals surface area contributed by atoms with E-state index in [1.54, 1.807) is 18.5 Å². The third-order valence-corrected chi connectivity index (χ3v) is 5.54. The molecule has 0 aromatic carbocycles. The number of pyridine rings is 1. The molecule has 2 unspecified atom stereocenters. The molecule has 2 aromatic heterocycles. The van der Waals surface area contributed by atoms with E-state index in [1.807, 2.05) is 17.0 Å². The van der Waals surface area contributed by atoms with Crippen molar-refractivity contribution in [3.05, 3.63) is 48.3 Å². The second-order valence-corrected chi connectivity index (χ2v) is 7.82. The molecule has 0 saturated carbocycles. The minimum absolute atomic E-state index is 0. The molecule has 0 spiro atoms. The molecule has 4 rings (SSSR count). The maximum atomic E-state index is 14.1. The molecular weight excluding hydrogens is 512 g/mol. The fourth-order valence-electron chi connectivity index (χ4n) is 3.93. The Bertz CT molecular complexity index is 814. The van der Waals surface area contributed by atoms with Crippen LogP contribution < -0.4 is 15.5 Å². The van der Waals surface area contributed by atoms with Gasteiger partial charge < -0.3 is 24.7 Å². The van der Waals surface area contributed by atoms with Gasteiger partial charge in [0, 0.05) is 44.9 Å². The van der Waals surface area contributed by atoms with Crippen LogP contribution in [0, 0.1) is 5.82 Å². The Labute approximate surface area is 199 Å². The van der Waals surface area contributed by atoms with Gasteiger partial charge in [-0.2, -0.15) is 0 Å². The van der Waals surface area contributed by atoms with Crippen molar-refractivity contribution in [3.8, 4) is 0 Å². The Kier molecular flexibility index (Phi) is 9.38. The second-order valence-electron chi connectivity index (χ2n) is 7.82. The lowest BCUT2D eigenvalue weighted by Gasteiger charge is -2.23. The summed E-state index contributed by atoms with van der Waals surface area (Å²) in [5.74, 6) is 1.85. The highest BCUT2D eigenvalue weighted by Gasteiger charge is 2.26. The van der Waals surface area contributed by atoms with Crippen LogP contribution in [0.3, 0.4) is 0 Å². The van der Waals surface area contributed by atoms with Crippen molar-refractivity contribution in [3.63, 3.8) is 0 Å². The van der Waals surface area contributed by atoms with E-state index < -0.39 is 0 Å². The van der Waals surface area contributed by atoms with Crippen molar-refractivity contribution in [2.75, 3.05) is 37.7 Å². The van der Waals surface area contributed by atoms with E-state index in [-0.39, 0.29) is 41.9 Å². The van der Waals surface area contributed by atoms with Crippen LogP contribution in [0.15, 0.2) is 46.1 Å². The normalized spacial score (nSPS) is 21.6. The first-order valence-electron chi connectivity index (χ1n) is 10.8. The number of rotatable bonds is 7. The smallest absolute Gasteiger partial charge is 0.191 e. The van der Waals surface area contributed by atoms with Crippen LogP contribution in [-0.2, 0) is 11.2 Å². The predicted octanol–water partition coefficient (Wildman–Crippen LogP) is 3.36. The fourth-order valence-corrected chi connectivity index (χ4v) is 3.93. The van der Waals surface area contributed by atoms with Gasteiger partial charge >= 0.3 is 0 Å². The summed E-state index contributed by atoms with van der Waals surface area (Å²) in [6, 6.07) is 7.11. The molecule has 170 valence electrons. The second kappa shape index (κ2) is 12.2. The van der Waals surface area contributed by atoms with Crippen molar-refractivity contribution in [2.24, 2.45) is 4.99 Å². The fraction of sp³-hybridized carbons (Fsp3) is 0.545. The van der Waals surface area contributed by atoms with Crippen LogP contribution in [0.2, 0.25) is 0 Å². The molecule has 2 atom stereocenters. The number of nitrogens with one attached hydrogen (secondary N) is 2. The first-order valence-corrected chi connectivity index (χ1v) is 10.8. The molecule has 2 saturated heterocycles. The first-order chi connectivity index (χ1) is 14.8. The summed E-state index contributed by atoms with van der Waals surface area (Å²) < 4.78 is 25.3. The highest BCUT2D eigenvalue weighted by molar-refractivity contribution is 14.0. The van der Waals surface area contributed by atoms with E-state index >= 15 is 0 Å². The van der Waals surface area contributed by atoms with Crippen molar-refractivity contribution >= 4 is 35.8 Å². The van der Waals surface area contributed by atoms with Crippen LogP contribution in [0.25, 0.3) is 0 Å². The van der Waals surface area contributed by atoms with E-state index in [2.05, 4.69) is 15.6 Å². The number of halogens is 2. The number of hydrogen-bond donors (Lipinski definition) is 2. The standard InChI is InChI=1S/C22H30FN5O2.HI/c23-20-7-3-10-24-21(20)28-12-9-17(16-28)27-22(25-11-8-18-6-4-14-29-18)26-15-19-5-1-2-13-30-19;/h3-4,6-7,10,14,17,19H,1-2,5,8-9,11-13,15-16H2,(H2,25,26,27);1H. The highest BCUT2D eigenvalue weighted by atomic mass is 127. The maximum absolute atomic E-state index is 14.1. The molecule has 9 heteroatoms. The van der Waals surface area contributed by atoms with E-state index in [4.69, 9.17) is 14.1 Å². The molecule has 0 radical (unpaired) electrons. The van der Waals surface area contributed by atoms with E-state index in [1.165, 1.54) is 12.5 Å². The van der Waals surface area contributed by atoms with Gasteiger partial charge in [-0.25, -0.2) is 9.37 Å². The van der Waals surface area contributed by atoms with Crippen molar-refractivity contribution < 1.29 is 13.5 Å². The number of furan rings is 1. The van der Waals surface area contributed by atoms with Gasteiger partial charge in [0.1, 0.15) is 5.76 Å². The topological polar surface area (TPSA) is 74.9 Å². The third-order valence-electron chi connectivity index (χ3n) is 5.54. The van der Waals surface area contributed by atoms with Crippen LogP contribution >= 0.6 is 24.0 Å². The number of aliphatic imine (C=N–C) groups is 1. The molecular formula is C22H31FIN5O2. The number of aromatic nitrogens is 1. The lowest BCUT2D eigenvalue weighted by atomic mass is 10.1. The van der Waals surface area contributed by atoms with Gasteiger partial charge in [0.2, 0.25) is 0 Å².